The number of aryl methyl sites for hydroxylation is 1. The minimum Gasteiger partial charge on any atom is -0.392 e. The van der Waals surface area contributed by atoms with Crippen LogP contribution in [0.25, 0.3) is 0 Å². The molecule has 3 rings (SSSR count). The summed E-state index contributed by atoms with van der Waals surface area (Å²) in [5.74, 6) is -0.347. The lowest BCUT2D eigenvalue weighted by molar-refractivity contribution is -0.121. The van der Waals surface area contributed by atoms with Gasteiger partial charge in [-0.15, -0.1) is 0 Å². The Morgan fingerprint density at radius 3 is 2.76 bits per heavy atom. The minimum absolute atomic E-state index is 0.0782. The summed E-state index contributed by atoms with van der Waals surface area (Å²) in [5, 5.41) is 17.6. The van der Waals surface area contributed by atoms with Crippen LogP contribution in [0.5, 0.6) is 0 Å². The van der Waals surface area contributed by atoms with Gasteiger partial charge in [-0.3, -0.25) is 9.48 Å². The van der Waals surface area contributed by atoms with Crippen LogP contribution in [0.15, 0.2) is 36.7 Å². The molecule has 1 saturated carbocycles. The monoisotopic (exact) mass is 345 g/mol. The highest BCUT2D eigenvalue weighted by Gasteiger charge is 2.42. The molecular formula is C19H24FN3O2. The third kappa shape index (κ3) is 4.25. The molecule has 2 N–H and O–H groups in total. The summed E-state index contributed by atoms with van der Waals surface area (Å²) in [6.07, 6.45) is 6.45. The molecule has 5 nitrogen and oxygen atoms in total. The van der Waals surface area contributed by atoms with Gasteiger partial charge in [0.15, 0.2) is 0 Å². The summed E-state index contributed by atoms with van der Waals surface area (Å²) in [4.78, 5) is 12.2. The van der Waals surface area contributed by atoms with Crippen LogP contribution in [0, 0.1) is 11.2 Å². The largest absolute Gasteiger partial charge is 0.392 e. The van der Waals surface area contributed by atoms with Crippen LogP contribution in [0.2, 0.25) is 0 Å². The Morgan fingerprint density at radius 2 is 2.16 bits per heavy atom. The number of aliphatic hydroxyl groups is 1. The first kappa shape index (κ1) is 17.6. The quantitative estimate of drug-likeness (QED) is 0.841. The second-order valence-electron chi connectivity index (χ2n) is 7.05. The summed E-state index contributed by atoms with van der Waals surface area (Å²) in [6.45, 7) is 0.421. The molecule has 0 radical (unpaired) electrons. The lowest BCUT2D eigenvalue weighted by Crippen LogP contribution is -2.44. The van der Waals surface area contributed by atoms with Gasteiger partial charge in [-0.2, -0.15) is 5.10 Å². The van der Waals surface area contributed by atoms with Crippen molar-refractivity contribution in [2.24, 2.45) is 12.5 Å². The fourth-order valence-electron chi connectivity index (χ4n) is 3.69. The molecule has 1 aromatic heterocycles. The van der Waals surface area contributed by atoms with Gasteiger partial charge in [-0.1, -0.05) is 18.6 Å². The predicted molar refractivity (Wildman–Crippen MR) is 92.3 cm³/mol. The number of hydrogen-bond acceptors (Lipinski definition) is 3. The van der Waals surface area contributed by atoms with E-state index in [9.17, 15) is 14.3 Å². The van der Waals surface area contributed by atoms with E-state index in [1.807, 2.05) is 13.2 Å². The molecule has 0 spiro atoms. The first-order chi connectivity index (χ1) is 12.0. The summed E-state index contributed by atoms with van der Waals surface area (Å²) < 4.78 is 14.8. The number of nitrogens with one attached hydrogen (secondary N) is 1. The molecule has 0 unspecified atom stereocenters. The topological polar surface area (TPSA) is 67.2 Å². The van der Waals surface area contributed by atoms with Crippen LogP contribution in [0.1, 0.15) is 30.4 Å². The minimum atomic E-state index is -0.462. The van der Waals surface area contributed by atoms with E-state index in [2.05, 4.69) is 10.4 Å². The molecule has 2 atom stereocenters. The van der Waals surface area contributed by atoms with Crippen molar-refractivity contribution in [3.05, 3.63) is 53.6 Å². The van der Waals surface area contributed by atoms with Gasteiger partial charge in [0.1, 0.15) is 5.82 Å². The Kier molecular flexibility index (Phi) is 5.18. The van der Waals surface area contributed by atoms with Crippen LogP contribution in [-0.2, 0) is 24.7 Å². The number of halogens is 1. The van der Waals surface area contributed by atoms with Crippen molar-refractivity contribution < 1.29 is 14.3 Å². The van der Waals surface area contributed by atoms with Gasteiger partial charge in [0.05, 0.1) is 18.7 Å². The lowest BCUT2D eigenvalue weighted by atomic mass is 9.78. The number of hydrogen-bond donors (Lipinski definition) is 2. The maximum absolute atomic E-state index is 13.1. The van der Waals surface area contributed by atoms with Gasteiger partial charge in [0.25, 0.3) is 0 Å². The number of aliphatic hydroxyl groups excluding tert-OH is 1. The van der Waals surface area contributed by atoms with Crippen molar-refractivity contribution in [2.45, 2.75) is 38.2 Å². The van der Waals surface area contributed by atoms with Crippen molar-refractivity contribution in [1.29, 1.82) is 0 Å². The van der Waals surface area contributed by atoms with Gasteiger partial charge in [-0.25, -0.2) is 4.39 Å². The Balaban J connectivity index is 1.64. The number of amides is 1. The summed E-state index contributed by atoms with van der Waals surface area (Å²) in [7, 11) is 1.81. The molecule has 1 aromatic carbocycles. The molecule has 1 heterocycles. The van der Waals surface area contributed by atoms with Crippen LogP contribution < -0.4 is 5.32 Å². The van der Waals surface area contributed by atoms with E-state index in [0.717, 1.165) is 30.4 Å². The third-order valence-electron chi connectivity index (χ3n) is 5.09. The molecule has 0 aliphatic heterocycles. The molecule has 1 aliphatic rings. The van der Waals surface area contributed by atoms with Crippen molar-refractivity contribution in [3.63, 3.8) is 0 Å². The Labute approximate surface area is 146 Å². The van der Waals surface area contributed by atoms with Crippen molar-refractivity contribution >= 4 is 5.91 Å². The fraction of sp³-hybridized carbons (Fsp3) is 0.474. The zero-order valence-electron chi connectivity index (χ0n) is 14.4. The number of aromatic nitrogens is 2. The first-order valence-corrected chi connectivity index (χ1v) is 8.64. The highest BCUT2D eigenvalue weighted by molar-refractivity contribution is 5.78. The van der Waals surface area contributed by atoms with Crippen LogP contribution >= 0.6 is 0 Å². The Bertz CT molecular complexity index is 729. The van der Waals surface area contributed by atoms with E-state index in [1.165, 1.54) is 12.1 Å². The number of nitrogens with zero attached hydrogens (tertiary/aromatic N) is 2. The molecule has 0 bridgehead atoms. The van der Waals surface area contributed by atoms with Crippen molar-refractivity contribution in [1.82, 2.24) is 15.1 Å². The van der Waals surface area contributed by atoms with Gasteiger partial charge < -0.3 is 10.4 Å². The lowest BCUT2D eigenvalue weighted by Gasteiger charge is -2.33. The number of benzene rings is 1. The molecule has 25 heavy (non-hydrogen) atoms. The predicted octanol–water partition coefficient (Wildman–Crippen LogP) is 1.99. The van der Waals surface area contributed by atoms with Crippen LogP contribution in [0.3, 0.4) is 0 Å². The van der Waals surface area contributed by atoms with E-state index >= 15 is 0 Å². The van der Waals surface area contributed by atoms with Crippen molar-refractivity contribution in [2.75, 3.05) is 6.54 Å². The average Bonchev–Trinajstić information content (AvgIpc) is 3.14. The molecule has 1 fully saturated rings. The highest BCUT2D eigenvalue weighted by atomic mass is 19.1. The maximum Gasteiger partial charge on any atom is 0.224 e. The summed E-state index contributed by atoms with van der Waals surface area (Å²) in [6, 6.07) is 6.37. The van der Waals surface area contributed by atoms with Crippen LogP contribution in [-0.4, -0.2) is 33.4 Å². The summed E-state index contributed by atoms with van der Waals surface area (Å²) >= 11 is 0. The van der Waals surface area contributed by atoms with E-state index in [-0.39, 0.29) is 23.6 Å². The van der Waals surface area contributed by atoms with Gasteiger partial charge in [0.2, 0.25) is 5.91 Å². The van der Waals surface area contributed by atoms with Crippen molar-refractivity contribution in [3.8, 4) is 0 Å². The Hall–Kier alpha value is -2.21. The molecule has 2 aromatic rings. The second-order valence-corrected chi connectivity index (χ2v) is 7.05. The van der Waals surface area contributed by atoms with Gasteiger partial charge >= 0.3 is 0 Å². The Morgan fingerprint density at radius 1 is 1.40 bits per heavy atom. The molecule has 134 valence electrons. The number of rotatable bonds is 6. The van der Waals surface area contributed by atoms with E-state index in [1.54, 1.807) is 23.0 Å². The zero-order valence-corrected chi connectivity index (χ0v) is 14.4. The normalized spacial score (nSPS) is 22.9. The first-order valence-electron chi connectivity index (χ1n) is 8.64. The van der Waals surface area contributed by atoms with Crippen LogP contribution in [0.4, 0.5) is 4.39 Å². The zero-order chi connectivity index (χ0) is 17.9. The average molecular weight is 345 g/mol. The number of carbonyl (C=O) groups is 1. The molecule has 1 aliphatic carbocycles. The maximum atomic E-state index is 13.1. The van der Waals surface area contributed by atoms with E-state index < -0.39 is 6.10 Å². The van der Waals surface area contributed by atoms with Gasteiger partial charge in [0, 0.05) is 25.2 Å². The molecule has 6 heteroatoms. The number of carbonyl (C=O) groups excluding carboxylic acids is 1. The SMILES string of the molecule is Cn1cc(CC(=O)NC[C@]2(Cc3ccc(F)cc3)CCC[C@H]2O)cn1. The van der Waals surface area contributed by atoms with E-state index in [4.69, 9.17) is 0 Å². The molecule has 1 amide bonds. The molecule has 0 saturated heterocycles. The van der Waals surface area contributed by atoms with E-state index in [0.29, 0.717) is 13.0 Å². The smallest absolute Gasteiger partial charge is 0.224 e. The third-order valence-corrected chi connectivity index (χ3v) is 5.09. The fourth-order valence-corrected chi connectivity index (χ4v) is 3.69. The second kappa shape index (κ2) is 7.35. The standard InChI is InChI=1S/C19H24FN3O2/c1-23-12-15(11-22-23)9-18(25)21-13-19(8-2-3-17(19)24)10-14-4-6-16(20)7-5-14/h4-7,11-12,17,24H,2-3,8-10,13H2,1H3,(H,21,25)/t17-,19-/m1/s1. The summed E-state index contributed by atoms with van der Waals surface area (Å²) in [5.41, 5.74) is 1.45. The van der Waals surface area contributed by atoms with Gasteiger partial charge in [-0.05, 0) is 42.5 Å². The highest BCUT2D eigenvalue weighted by Crippen LogP contribution is 2.40. The molecular weight excluding hydrogens is 321 g/mol.